The molecule has 0 fully saturated rings. The van der Waals surface area contributed by atoms with Crippen LogP contribution in [0.3, 0.4) is 0 Å². The zero-order valence-corrected chi connectivity index (χ0v) is 26.3. The maximum absolute atomic E-state index is 12.2. The molecule has 5 aromatic rings. The third kappa shape index (κ3) is 7.64. The number of rotatable bonds is 13. The van der Waals surface area contributed by atoms with Crippen LogP contribution in [0.25, 0.3) is 39.0 Å². The van der Waals surface area contributed by atoms with Crippen molar-refractivity contribution >= 4 is 22.6 Å². The average molecular weight is 591 g/mol. The van der Waals surface area contributed by atoms with E-state index in [2.05, 4.69) is 76.3 Å². The number of hydrogen-bond donors (Lipinski definition) is 1. The Morgan fingerprint density at radius 2 is 1.18 bits per heavy atom. The Bertz CT molecular complexity index is 1580. The zero-order valence-electron chi connectivity index (χ0n) is 26.3. The highest BCUT2D eigenvalue weighted by Gasteiger charge is 2.17. The quantitative estimate of drug-likeness (QED) is 0.148. The van der Waals surface area contributed by atoms with Gasteiger partial charge in [-0.2, -0.15) is 4.80 Å². The smallest absolute Gasteiger partial charge is 0.224 e. The van der Waals surface area contributed by atoms with Crippen LogP contribution in [0.5, 0.6) is 11.5 Å². The van der Waals surface area contributed by atoms with Crippen LogP contribution in [0.2, 0.25) is 0 Å². The van der Waals surface area contributed by atoms with Gasteiger partial charge < -0.3 is 14.8 Å². The summed E-state index contributed by atoms with van der Waals surface area (Å²) in [5.74, 6) is 2.64. The lowest BCUT2D eigenvalue weighted by Crippen LogP contribution is -2.11. The molecule has 0 radical (unpaired) electrons. The highest BCUT2D eigenvalue weighted by Crippen LogP contribution is 2.35. The van der Waals surface area contributed by atoms with Crippen LogP contribution in [0, 0.1) is 11.8 Å². The van der Waals surface area contributed by atoms with Crippen LogP contribution in [-0.2, 0) is 4.79 Å². The van der Waals surface area contributed by atoms with Gasteiger partial charge in [0.1, 0.15) is 22.5 Å². The molecule has 0 spiro atoms. The van der Waals surface area contributed by atoms with Gasteiger partial charge in [0.2, 0.25) is 5.91 Å². The fourth-order valence-corrected chi connectivity index (χ4v) is 4.80. The van der Waals surface area contributed by atoms with Crippen molar-refractivity contribution in [3.05, 3.63) is 84.9 Å². The Kier molecular flexibility index (Phi) is 9.95. The molecule has 1 heterocycles. The van der Waals surface area contributed by atoms with Gasteiger partial charge in [-0.05, 0) is 77.9 Å². The molecule has 0 aliphatic rings. The topological polar surface area (TPSA) is 78.3 Å². The second-order valence-electron chi connectivity index (χ2n) is 12.0. The summed E-state index contributed by atoms with van der Waals surface area (Å²) in [7, 11) is 0. The molecule has 0 aliphatic heterocycles. The number of carbonyl (C=O) groups is 1. The molecule has 228 valence electrons. The predicted octanol–water partition coefficient (Wildman–Crippen LogP) is 8.95. The van der Waals surface area contributed by atoms with Crippen molar-refractivity contribution in [1.29, 1.82) is 0 Å². The van der Waals surface area contributed by atoms with E-state index in [1.165, 1.54) is 0 Å². The molecule has 7 heteroatoms. The van der Waals surface area contributed by atoms with E-state index in [-0.39, 0.29) is 5.91 Å². The number of fused-ring (bicyclic) bond motifs is 1. The van der Waals surface area contributed by atoms with E-state index in [1.807, 2.05) is 48.5 Å². The highest BCUT2D eigenvalue weighted by molar-refractivity contribution is 6.00. The van der Waals surface area contributed by atoms with Gasteiger partial charge in [0.25, 0.3) is 0 Å². The van der Waals surface area contributed by atoms with Crippen LogP contribution in [0.4, 0.5) is 5.69 Å². The number of amides is 1. The average Bonchev–Trinajstić information content (AvgIpc) is 3.48. The summed E-state index contributed by atoms with van der Waals surface area (Å²) in [6.45, 7) is 12.0. The number of unbranched alkanes of at least 4 members (excludes halogenated alkanes) is 1. The maximum Gasteiger partial charge on any atom is 0.224 e. The maximum atomic E-state index is 12.2. The van der Waals surface area contributed by atoms with E-state index in [0.717, 1.165) is 69.0 Å². The molecule has 1 amide bonds. The summed E-state index contributed by atoms with van der Waals surface area (Å²) in [5, 5.41) is 12.9. The fraction of sp³-hybridized carbons (Fsp3) is 0.324. The number of benzene rings is 4. The van der Waals surface area contributed by atoms with Gasteiger partial charge in [-0.15, -0.1) is 10.2 Å². The van der Waals surface area contributed by atoms with E-state index in [9.17, 15) is 4.79 Å². The SMILES string of the molecule is CCCCC(=O)Nc1ccc(-n2nc3c(-c4ccc(OCC(C)C)cc4)ccc(-c4ccc(OCC(C)C)cc4)c3n2)cc1. The van der Waals surface area contributed by atoms with Gasteiger partial charge in [-0.25, -0.2) is 0 Å². The van der Waals surface area contributed by atoms with Crippen LogP contribution in [0.1, 0.15) is 53.9 Å². The van der Waals surface area contributed by atoms with Crippen molar-refractivity contribution in [2.75, 3.05) is 18.5 Å². The molecule has 0 saturated carbocycles. The Labute approximate surface area is 260 Å². The molecular weight excluding hydrogens is 548 g/mol. The molecule has 0 atom stereocenters. The molecular formula is C37H42N4O3. The number of nitrogens with one attached hydrogen (secondary N) is 1. The summed E-state index contributed by atoms with van der Waals surface area (Å²) in [6, 6.07) is 28.1. The second kappa shape index (κ2) is 14.2. The normalized spacial score (nSPS) is 11.3. The summed E-state index contributed by atoms with van der Waals surface area (Å²) in [6.07, 6.45) is 2.38. The Morgan fingerprint density at radius 1 is 0.705 bits per heavy atom. The monoisotopic (exact) mass is 590 g/mol. The van der Waals surface area contributed by atoms with E-state index in [0.29, 0.717) is 31.5 Å². The third-order valence-electron chi connectivity index (χ3n) is 7.18. The van der Waals surface area contributed by atoms with E-state index in [4.69, 9.17) is 19.7 Å². The Balaban J connectivity index is 1.50. The number of carbonyl (C=O) groups excluding carboxylic acids is 1. The molecule has 7 nitrogen and oxygen atoms in total. The van der Waals surface area contributed by atoms with Crippen LogP contribution in [0.15, 0.2) is 84.9 Å². The van der Waals surface area contributed by atoms with E-state index in [1.54, 1.807) is 4.80 Å². The van der Waals surface area contributed by atoms with Crippen LogP contribution in [-0.4, -0.2) is 34.1 Å². The van der Waals surface area contributed by atoms with Crippen molar-refractivity contribution in [1.82, 2.24) is 15.0 Å². The Morgan fingerprint density at radius 3 is 1.61 bits per heavy atom. The van der Waals surface area contributed by atoms with Crippen molar-refractivity contribution in [2.45, 2.75) is 53.9 Å². The molecule has 4 aromatic carbocycles. The van der Waals surface area contributed by atoms with Gasteiger partial charge >= 0.3 is 0 Å². The zero-order chi connectivity index (χ0) is 31.1. The number of nitrogens with zero attached hydrogens (tertiary/aromatic N) is 3. The molecule has 1 N–H and O–H groups in total. The molecule has 0 aliphatic carbocycles. The Hall–Kier alpha value is -4.65. The summed E-state index contributed by atoms with van der Waals surface area (Å²) in [5.41, 5.74) is 7.21. The minimum Gasteiger partial charge on any atom is -0.493 e. The molecule has 0 bridgehead atoms. The van der Waals surface area contributed by atoms with Gasteiger partial charge in [-0.1, -0.05) is 77.4 Å². The lowest BCUT2D eigenvalue weighted by atomic mass is 9.98. The van der Waals surface area contributed by atoms with Gasteiger partial charge in [-0.3, -0.25) is 4.79 Å². The minimum absolute atomic E-state index is 0.0260. The first-order valence-electron chi connectivity index (χ1n) is 15.6. The van der Waals surface area contributed by atoms with E-state index < -0.39 is 0 Å². The third-order valence-corrected chi connectivity index (χ3v) is 7.18. The first kappa shape index (κ1) is 30.8. The highest BCUT2D eigenvalue weighted by atomic mass is 16.5. The number of ether oxygens (including phenoxy) is 2. The van der Waals surface area contributed by atoms with Crippen molar-refractivity contribution in [3.63, 3.8) is 0 Å². The lowest BCUT2D eigenvalue weighted by Gasteiger charge is -2.11. The first-order valence-corrected chi connectivity index (χ1v) is 15.6. The van der Waals surface area contributed by atoms with E-state index >= 15 is 0 Å². The van der Waals surface area contributed by atoms with Crippen molar-refractivity contribution in [2.24, 2.45) is 11.8 Å². The largest absolute Gasteiger partial charge is 0.493 e. The standard InChI is InChI=1S/C37H42N4O3/c1-6-7-8-35(42)38-29-13-15-30(16-14-29)41-39-36-33(27-9-17-31(18-10-27)43-23-25(2)3)21-22-34(37(36)40-41)28-11-19-32(20-12-28)44-24-26(4)5/h9-22,25-26H,6-8,23-24H2,1-5H3,(H,38,42). The predicted molar refractivity (Wildman–Crippen MR) is 179 cm³/mol. The van der Waals surface area contributed by atoms with Crippen LogP contribution >= 0.6 is 0 Å². The summed E-state index contributed by atoms with van der Waals surface area (Å²) >= 11 is 0. The van der Waals surface area contributed by atoms with Gasteiger partial charge in [0.05, 0.1) is 18.9 Å². The molecule has 0 unspecified atom stereocenters. The summed E-state index contributed by atoms with van der Waals surface area (Å²) in [4.78, 5) is 13.9. The fourth-order valence-electron chi connectivity index (χ4n) is 4.80. The lowest BCUT2D eigenvalue weighted by molar-refractivity contribution is -0.116. The second-order valence-corrected chi connectivity index (χ2v) is 12.0. The number of hydrogen-bond acceptors (Lipinski definition) is 5. The molecule has 5 rings (SSSR count). The van der Waals surface area contributed by atoms with Gasteiger partial charge in [0.15, 0.2) is 0 Å². The molecule has 0 saturated heterocycles. The van der Waals surface area contributed by atoms with Gasteiger partial charge in [0, 0.05) is 23.2 Å². The number of anilines is 1. The number of aromatic nitrogens is 3. The van der Waals surface area contributed by atoms with Crippen molar-refractivity contribution in [3.8, 4) is 39.4 Å². The summed E-state index contributed by atoms with van der Waals surface area (Å²) < 4.78 is 11.8. The van der Waals surface area contributed by atoms with Crippen LogP contribution < -0.4 is 14.8 Å². The molecule has 44 heavy (non-hydrogen) atoms. The first-order chi connectivity index (χ1) is 21.3. The van der Waals surface area contributed by atoms with Crippen molar-refractivity contribution < 1.29 is 14.3 Å². The molecule has 1 aromatic heterocycles. The minimum atomic E-state index is 0.0260.